The molecule has 2 aromatic rings. The third-order valence-corrected chi connectivity index (χ3v) is 4.96. The first-order chi connectivity index (χ1) is 10.1. The number of rotatable bonds is 4. The molecule has 1 aliphatic carbocycles. The van der Waals surface area contributed by atoms with Crippen molar-refractivity contribution in [2.24, 2.45) is 5.92 Å². The lowest BCUT2D eigenvalue weighted by Crippen LogP contribution is -2.38. The first-order valence-corrected chi connectivity index (χ1v) is 7.99. The zero-order valence-corrected chi connectivity index (χ0v) is 13.2. The van der Waals surface area contributed by atoms with Gasteiger partial charge in [0.05, 0.1) is 12.9 Å². The van der Waals surface area contributed by atoms with Crippen molar-refractivity contribution in [2.45, 2.75) is 37.8 Å². The highest BCUT2D eigenvalue weighted by Gasteiger charge is 2.41. The third-order valence-electron chi connectivity index (χ3n) is 4.41. The molecule has 1 aromatic carbocycles. The van der Waals surface area contributed by atoms with Crippen LogP contribution in [0.4, 0.5) is 0 Å². The van der Waals surface area contributed by atoms with E-state index in [0.717, 1.165) is 31.2 Å². The molecule has 3 nitrogen and oxygen atoms in total. The number of benzene rings is 1. The molecular formula is C16H18Cl2N2O. The van der Waals surface area contributed by atoms with Crippen molar-refractivity contribution < 1.29 is 5.11 Å². The molecule has 1 aliphatic rings. The molecule has 1 N–H and O–H groups in total. The summed E-state index contributed by atoms with van der Waals surface area (Å²) in [5.41, 5.74) is -0.229. The Kier molecular flexibility index (Phi) is 4.25. The van der Waals surface area contributed by atoms with Crippen molar-refractivity contribution >= 4 is 23.2 Å². The molecular weight excluding hydrogens is 307 g/mol. The SMILES string of the molecule is OC(Cn1ccnc1)(c1ccc(Cl)cc1Cl)C1CCCC1. The van der Waals surface area contributed by atoms with Gasteiger partial charge in [-0.2, -0.15) is 0 Å². The minimum Gasteiger partial charge on any atom is -0.383 e. The minimum atomic E-state index is -0.987. The van der Waals surface area contributed by atoms with Crippen LogP contribution >= 0.6 is 23.2 Å². The van der Waals surface area contributed by atoms with Gasteiger partial charge >= 0.3 is 0 Å². The molecule has 0 saturated heterocycles. The first-order valence-electron chi connectivity index (χ1n) is 7.23. The summed E-state index contributed by atoms with van der Waals surface area (Å²) in [6, 6.07) is 5.34. The highest BCUT2D eigenvalue weighted by Crippen LogP contribution is 2.44. The number of nitrogens with zero attached hydrogens (tertiary/aromatic N) is 2. The van der Waals surface area contributed by atoms with Gasteiger partial charge in [0, 0.05) is 28.0 Å². The second-order valence-corrected chi connectivity index (χ2v) is 6.61. The van der Waals surface area contributed by atoms with E-state index in [-0.39, 0.29) is 5.92 Å². The molecule has 0 amide bonds. The van der Waals surface area contributed by atoms with Crippen LogP contribution in [0.25, 0.3) is 0 Å². The summed E-state index contributed by atoms with van der Waals surface area (Å²) in [7, 11) is 0. The van der Waals surface area contributed by atoms with Gasteiger partial charge < -0.3 is 9.67 Å². The Balaban J connectivity index is 2.02. The molecule has 1 unspecified atom stereocenters. The number of aliphatic hydroxyl groups is 1. The first kappa shape index (κ1) is 14.9. The van der Waals surface area contributed by atoms with E-state index in [1.54, 1.807) is 24.7 Å². The van der Waals surface area contributed by atoms with E-state index >= 15 is 0 Å². The Hall–Kier alpha value is -1.03. The Labute approximate surface area is 134 Å². The summed E-state index contributed by atoms with van der Waals surface area (Å²) in [6.07, 6.45) is 9.66. The summed E-state index contributed by atoms with van der Waals surface area (Å²) >= 11 is 12.4. The van der Waals surface area contributed by atoms with E-state index in [4.69, 9.17) is 23.2 Å². The van der Waals surface area contributed by atoms with E-state index < -0.39 is 5.60 Å². The minimum absolute atomic E-state index is 0.207. The van der Waals surface area contributed by atoms with Crippen molar-refractivity contribution in [3.05, 3.63) is 52.5 Å². The molecule has 0 radical (unpaired) electrons. The van der Waals surface area contributed by atoms with E-state index in [2.05, 4.69) is 4.98 Å². The summed E-state index contributed by atoms with van der Waals surface area (Å²) in [5, 5.41) is 12.6. The number of hydrogen-bond acceptors (Lipinski definition) is 2. The van der Waals surface area contributed by atoms with E-state index in [1.165, 1.54) is 0 Å². The van der Waals surface area contributed by atoms with Crippen molar-refractivity contribution in [3.63, 3.8) is 0 Å². The zero-order valence-electron chi connectivity index (χ0n) is 11.7. The van der Waals surface area contributed by atoms with Crippen LogP contribution in [0.5, 0.6) is 0 Å². The van der Waals surface area contributed by atoms with Gasteiger partial charge in [-0.25, -0.2) is 4.98 Å². The number of hydrogen-bond donors (Lipinski definition) is 1. The second kappa shape index (κ2) is 5.99. The van der Waals surface area contributed by atoms with Crippen LogP contribution in [0.2, 0.25) is 10.0 Å². The number of aromatic nitrogens is 2. The third kappa shape index (κ3) is 2.96. The number of halogens is 2. The fourth-order valence-electron chi connectivity index (χ4n) is 3.34. The average molecular weight is 325 g/mol. The Morgan fingerprint density at radius 1 is 1.29 bits per heavy atom. The molecule has 1 heterocycles. The summed E-state index contributed by atoms with van der Waals surface area (Å²) in [6.45, 7) is 0.457. The van der Waals surface area contributed by atoms with E-state index in [9.17, 15) is 5.11 Å². The van der Waals surface area contributed by atoms with Crippen LogP contribution < -0.4 is 0 Å². The van der Waals surface area contributed by atoms with Gasteiger partial charge in [0.15, 0.2) is 0 Å². The van der Waals surface area contributed by atoms with Crippen LogP contribution in [-0.2, 0) is 12.1 Å². The topological polar surface area (TPSA) is 38.0 Å². The van der Waals surface area contributed by atoms with Gasteiger partial charge in [-0.15, -0.1) is 0 Å². The van der Waals surface area contributed by atoms with E-state index in [0.29, 0.717) is 16.6 Å². The standard InChI is InChI=1S/C16H18Cl2N2O/c17-13-5-6-14(15(18)9-13)16(21,12-3-1-2-4-12)10-20-8-7-19-11-20/h5-9,11-12,21H,1-4,10H2. The van der Waals surface area contributed by atoms with Crippen LogP contribution in [0.1, 0.15) is 31.2 Å². The van der Waals surface area contributed by atoms with Gasteiger partial charge in [-0.1, -0.05) is 42.1 Å². The summed E-state index contributed by atoms with van der Waals surface area (Å²) < 4.78 is 1.91. The predicted octanol–water partition coefficient (Wildman–Crippen LogP) is 4.27. The Morgan fingerprint density at radius 3 is 2.67 bits per heavy atom. The molecule has 1 atom stereocenters. The number of imidazole rings is 1. The van der Waals surface area contributed by atoms with Gasteiger partial charge in [0.2, 0.25) is 0 Å². The summed E-state index contributed by atoms with van der Waals surface area (Å²) in [5.74, 6) is 0.207. The lowest BCUT2D eigenvalue weighted by atomic mass is 9.80. The quantitative estimate of drug-likeness (QED) is 0.912. The highest BCUT2D eigenvalue weighted by molar-refractivity contribution is 6.35. The molecule has 21 heavy (non-hydrogen) atoms. The van der Waals surface area contributed by atoms with Gasteiger partial charge in [-0.3, -0.25) is 0 Å². The summed E-state index contributed by atoms with van der Waals surface area (Å²) in [4.78, 5) is 4.06. The zero-order chi connectivity index (χ0) is 14.9. The van der Waals surface area contributed by atoms with Gasteiger partial charge in [-0.05, 0) is 30.9 Å². The molecule has 112 valence electrons. The van der Waals surface area contributed by atoms with Crippen LogP contribution in [0.15, 0.2) is 36.9 Å². The van der Waals surface area contributed by atoms with E-state index in [1.807, 2.05) is 16.8 Å². The van der Waals surface area contributed by atoms with Crippen LogP contribution in [-0.4, -0.2) is 14.7 Å². The van der Waals surface area contributed by atoms with Gasteiger partial charge in [0.1, 0.15) is 5.60 Å². The fraction of sp³-hybridized carbons (Fsp3) is 0.438. The Bertz CT molecular complexity index is 609. The Morgan fingerprint density at radius 2 is 2.05 bits per heavy atom. The molecule has 3 rings (SSSR count). The molecule has 0 spiro atoms. The molecule has 5 heteroatoms. The molecule has 0 aliphatic heterocycles. The maximum Gasteiger partial charge on any atom is 0.112 e. The second-order valence-electron chi connectivity index (χ2n) is 5.76. The van der Waals surface area contributed by atoms with Crippen molar-refractivity contribution in [1.82, 2.24) is 9.55 Å². The monoisotopic (exact) mass is 324 g/mol. The van der Waals surface area contributed by atoms with Crippen molar-refractivity contribution in [1.29, 1.82) is 0 Å². The van der Waals surface area contributed by atoms with Crippen LogP contribution in [0, 0.1) is 5.92 Å². The van der Waals surface area contributed by atoms with Gasteiger partial charge in [0.25, 0.3) is 0 Å². The highest BCUT2D eigenvalue weighted by atomic mass is 35.5. The maximum atomic E-state index is 11.4. The van der Waals surface area contributed by atoms with Crippen molar-refractivity contribution in [3.8, 4) is 0 Å². The molecule has 1 saturated carbocycles. The molecule has 1 aromatic heterocycles. The fourth-order valence-corrected chi connectivity index (χ4v) is 3.91. The largest absolute Gasteiger partial charge is 0.383 e. The molecule has 1 fully saturated rings. The normalized spacial score (nSPS) is 18.8. The average Bonchev–Trinajstić information content (AvgIpc) is 3.11. The lowest BCUT2D eigenvalue weighted by Gasteiger charge is -2.35. The lowest BCUT2D eigenvalue weighted by molar-refractivity contribution is -0.0375. The van der Waals surface area contributed by atoms with Crippen molar-refractivity contribution in [2.75, 3.05) is 0 Å². The maximum absolute atomic E-state index is 11.4. The van der Waals surface area contributed by atoms with Crippen LogP contribution in [0.3, 0.4) is 0 Å². The molecule has 0 bridgehead atoms. The predicted molar refractivity (Wildman–Crippen MR) is 84.5 cm³/mol. The smallest absolute Gasteiger partial charge is 0.112 e.